The first kappa shape index (κ1) is 15.8. The Balaban J connectivity index is 0.000000635. The average molecular weight is 236 g/mol. The van der Waals surface area contributed by atoms with Crippen LogP contribution in [0.4, 0.5) is 0 Å². The molecule has 0 spiro atoms. The number of rotatable bonds is 4. The normalized spacial score (nSPS) is 20.4. The summed E-state index contributed by atoms with van der Waals surface area (Å²) >= 11 is 0. The van der Waals surface area contributed by atoms with E-state index in [2.05, 4.69) is 4.74 Å². The zero-order valence-corrected chi connectivity index (χ0v) is 10.3. The molecule has 4 N–H and O–H groups in total. The summed E-state index contributed by atoms with van der Waals surface area (Å²) in [6.45, 7) is 7.24. The van der Waals surface area contributed by atoms with E-state index in [1.807, 2.05) is 20.8 Å². The predicted molar refractivity (Wildman–Crippen MR) is 60.0 cm³/mol. The number of hydrogen-bond acceptors (Lipinski definition) is 5. The molecule has 1 aliphatic rings. The topological polar surface area (TPSA) is 93.5 Å². The van der Waals surface area contributed by atoms with Crippen molar-refractivity contribution in [2.45, 2.75) is 45.5 Å². The van der Waals surface area contributed by atoms with Crippen LogP contribution in [0.1, 0.15) is 27.2 Å². The fraction of sp³-hybridized carbons (Fsp3) is 1.00. The van der Waals surface area contributed by atoms with Gasteiger partial charge in [-0.15, -0.1) is 0 Å². The van der Waals surface area contributed by atoms with Gasteiger partial charge >= 0.3 is 0 Å². The summed E-state index contributed by atoms with van der Waals surface area (Å²) in [5, 5.41) is 36.3. The number of hydrogen-bond donors (Lipinski definition) is 4. The zero-order valence-electron chi connectivity index (χ0n) is 10.3. The largest absolute Gasteiger partial charge is 0.394 e. The van der Waals surface area contributed by atoms with Crippen molar-refractivity contribution in [3.63, 3.8) is 0 Å². The Kier molecular flexibility index (Phi) is 7.10. The molecule has 1 rings (SSSR count). The maximum Gasteiger partial charge on any atom is 0.108 e. The zero-order chi connectivity index (χ0) is 12.8. The molecule has 1 heterocycles. The van der Waals surface area contributed by atoms with Crippen molar-refractivity contribution in [1.82, 2.24) is 0 Å². The van der Waals surface area contributed by atoms with Gasteiger partial charge in [-0.2, -0.15) is 0 Å². The van der Waals surface area contributed by atoms with E-state index in [0.717, 1.165) is 13.2 Å². The standard InChI is InChI=1S/C9H20O4.C2H4O/c1-9(2,3)4-6(11)8(13)7(12)5-10;1-2-3-1/h6-8,10-13H,4-5H2,1-3H3;1-2H2/t6?,7-,8+;/m1./s1. The van der Waals surface area contributed by atoms with Gasteiger partial charge in [0.25, 0.3) is 0 Å². The smallest absolute Gasteiger partial charge is 0.108 e. The highest BCUT2D eigenvalue weighted by Gasteiger charge is 2.27. The second-order valence-corrected chi connectivity index (χ2v) is 5.19. The second kappa shape index (κ2) is 7.19. The lowest BCUT2D eigenvalue weighted by Gasteiger charge is -2.27. The van der Waals surface area contributed by atoms with Crippen molar-refractivity contribution >= 4 is 0 Å². The van der Waals surface area contributed by atoms with Gasteiger partial charge in [-0.3, -0.25) is 0 Å². The van der Waals surface area contributed by atoms with E-state index in [9.17, 15) is 10.2 Å². The molecule has 0 aromatic heterocycles. The second-order valence-electron chi connectivity index (χ2n) is 5.19. The van der Waals surface area contributed by atoms with Crippen molar-refractivity contribution < 1.29 is 25.2 Å². The molecule has 0 aromatic carbocycles. The molecule has 1 fully saturated rings. The third-order valence-corrected chi connectivity index (χ3v) is 2.00. The molecule has 1 unspecified atom stereocenters. The molecule has 0 saturated carbocycles. The summed E-state index contributed by atoms with van der Waals surface area (Å²) in [5.41, 5.74) is -0.116. The van der Waals surface area contributed by atoms with Crippen molar-refractivity contribution in [2.24, 2.45) is 5.41 Å². The van der Waals surface area contributed by atoms with E-state index < -0.39 is 24.9 Å². The maximum atomic E-state index is 9.43. The highest BCUT2D eigenvalue weighted by atomic mass is 16.6. The molecule has 16 heavy (non-hydrogen) atoms. The van der Waals surface area contributed by atoms with Crippen LogP contribution in [0, 0.1) is 5.41 Å². The van der Waals surface area contributed by atoms with Crippen molar-refractivity contribution in [2.75, 3.05) is 19.8 Å². The summed E-state index contributed by atoms with van der Waals surface area (Å²) in [6, 6.07) is 0. The average Bonchev–Trinajstić information content (AvgIpc) is 2.99. The number of aliphatic hydroxyl groups excluding tert-OH is 4. The van der Waals surface area contributed by atoms with Crippen molar-refractivity contribution in [3.05, 3.63) is 0 Å². The Hall–Kier alpha value is -0.200. The molecule has 0 radical (unpaired) electrons. The molecule has 0 bridgehead atoms. The van der Waals surface area contributed by atoms with E-state index in [0.29, 0.717) is 6.42 Å². The summed E-state index contributed by atoms with van der Waals surface area (Å²) < 4.78 is 4.50. The molecular formula is C11H24O5. The summed E-state index contributed by atoms with van der Waals surface area (Å²) in [6.07, 6.45) is -3.16. The lowest BCUT2D eigenvalue weighted by Crippen LogP contribution is -2.41. The van der Waals surface area contributed by atoms with Crippen LogP contribution in [0.5, 0.6) is 0 Å². The van der Waals surface area contributed by atoms with Gasteiger partial charge in [0.1, 0.15) is 12.2 Å². The minimum atomic E-state index is -1.27. The fourth-order valence-corrected chi connectivity index (χ4v) is 1.11. The lowest BCUT2D eigenvalue weighted by atomic mass is 9.86. The first-order valence-corrected chi connectivity index (χ1v) is 5.50. The van der Waals surface area contributed by atoms with Gasteiger partial charge in [-0.05, 0) is 11.8 Å². The van der Waals surface area contributed by atoms with Gasteiger partial charge in [0.2, 0.25) is 0 Å². The Morgan fingerprint density at radius 2 is 1.50 bits per heavy atom. The van der Waals surface area contributed by atoms with Crippen molar-refractivity contribution in [1.29, 1.82) is 0 Å². The molecule has 1 aliphatic heterocycles. The van der Waals surface area contributed by atoms with Gasteiger partial charge in [0, 0.05) is 0 Å². The first-order valence-electron chi connectivity index (χ1n) is 5.50. The van der Waals surface area contributed by atoms with Gasteiger partial charge in [0.15, 0.2) is 0 Å². The molecular weight excluding hydrogens is 212 g/mol. The van der Waals surface area contributed by atoms with E-state index in [4.69, 9.17) is 10.2 Å². The Morgan fingerprint density at radius 1 is 1.06 bits per heavy atom. The van der Waals surface area contributed by atoms with E-state index >= 15 is 0 Å². The third kappa shape index (κ3) is 9.06. The van der Waals surface area contributed by atoms with E-state index in [1.54, 1.807) is 0 Å². The molecule has 5 heteroatoms. The van der Waals surface area contributed by atoms with Crippen LogP contribution in [0.2, 0.25) is 0 Å². The Labute approximate surface area is 96.7 Å². The monoisotopic (exact) mass is 236 g/mol. The maximum absolute atomic E-state index is 9.43. The van der Waals surface area contributed by atoms with Gasteiger partial charge in [-0.25, -0.2) is 0 Å². The molecule has 98 valence electrons. The van der Waals surface area contributed by atoms with Crippen LogP contribution in [0.15, 0.2) is 0 Å². The number of aliphatic hydroxyl groups is 4. The third-order valence-electron chi connectivity index (χ3n) is 2.00. The van der Waals surface area contributed by atoms with Crippen LogP contribution < -0.4 is 0 Å². The Bertz CT molecular complexity index is 173. The molecule has 5 nitrogen and oxygen atoms in total. The number of epoxide rings is 1. The lowest BCUT2D eigenvalue weighted by molar-refractivity contribution is -0.0860. The van der Waals surface area contributed by atoms with Crippen LogP contribution >= 0.6 is 0 Å². The summed E-state index contributed by atoms with van der Waals surface area (Å²) in [5.74, 6) is 0. The quantitative estimate of drug-likeness (QED) is 0.494. The van der Waals surface area contributed by atoms with E-state index in [-0.39, 0.29) is 5.41 Å². The van der Waals surface area contributed by atoms with Gasteiger partial charge < -0.3 is 25.2 Å². The fourth-order valence-electron chi connectivity index (χ4n) is 1.11. The van der Waals surface area contributed by atoms with Gasteiger partial charge in [0.05, 0.1) is 25.9 Å². The first-order chi connectivity index (χ1) is 7.28. The Morgan fingerprint density at radius 3 is 1.75 bits per heavy atom. The van der Waals surface area contributed by atoms with Crippen molar-refractivity contribution in [3.8, 4) is 0 Å². The summed E-state index contributed by atoms with van der Waals surface area (Å²) in [4.78, 5) is 0. The molecule has 3 atom stereocenters. The molecule has 0 amide bonds. The minimum Gasteiger partial charge on any atom is -0.394 e. The van der Waals surface area contributed by atoms with E-state index in [1.165, 1.54) is 0 Å². The molecule has 0 aromatic rings. The SMILES string of the molecule is C1CO1.CC(C)(C)CC(O)[C@H](O)[C@H](O)CO. The molecule has 0 aliphatic carbocycles. The van der Waals surface area contributed by atoms with Crippen LogP contribution in [-0.2, 0) is 4.74 Å². The highest BCUT2D eigenvalue weighted by molar-refractivity contribution is 4.78. The highest BCUT2D eigenvalue weighted by Crippen LogP contribution is 2.22. The van der Waals surface area contributed by atoms with Crippen LogP contribution in [-0.4, -0.2) is 58.6 Å². The molecule has 1 saturated heterocycles. The summed E-state index contributed by atoms with van der Waals surface area (Å²) in [7, 11) is 0. The predicted octanol–water partition coefficient (Wildman–Crippen LogP) is -0.486. The minimum absolute atomic E-state index is 0.116. The number of ether oxygens (including phenoxy) is 1. The van der Waals surface area contributed by atoms with Gasteiger partial charge in [-0.1, -0.05) is 20.8 Å². The van der Waals surface area contributed by atoms with Crippen LogP contribution in [0.3, 0.4) is 0 Å². The van der Waals surface area contributed by atoms with Crippen LogP contribution in [0.25, 0.3) is 0 Å².